The smallest absolute Gasteiger partial charge is 0.268 e. The Morgan fingerprint density at radius 3 is 0.965 bits per heavy atom. The number of nitrogens with two attached hydrogens (primary N) is 2. The number of pyridine rings is 6. The molecule has 0 spiro atoms. The molecule has 6 aromatic heterocycles. The highest BCUT2D eigenvalue weighted by Gasteiger charge is 2.45. The van der Waals surface area contributed by atoms with E-state index in [1.54, 1.807) is 24.8 Å². The number of carbonyl (C=O) groups is 4. The highest BCUT2D eigenvalue weighted by atomic mass is 79.9. The van der Waals surface area contributed by atoms with E-state index < -0.39 is 0 Å². The van der Waals surface area contributed by atoms with Gasteiger partial charge in [-0.25, -0.2) is 9.13 Å². The van der Waals surface area contributed by atoms with Crippen LogP contribution in [-0.4, -0.2) is 188 Å². The second-order valence-corrected chi connectivity index (χ2v) is 47.9. The molecule has 0 bridgehead atoms. The number of halogens is 12. The second-order valence-electron chi connectivity index (χ2n) is 39.1. The van der Waals surface area contributed by atoms with Gasteiger partial charge in [0.1, 0.15) is 26.2 Å². The molecule has 8 N–H and O–H groups in total. The maximum absolute atomic E-state index is 13.2. The number of piperidine rings is 4. The molecule has 756 valence electrons. The summed E-state index contributed by atoms with van der Waals surface area (Å²) < 4.78 is 16.0. The Morgan fingerprint density at radius 2 is 0.632 bits per heavy atom. The van der Waals surface area contributed by atoms with Gasteiger partial charge in [-0.3, -0.25) is 49.8 Å². The van der Waals surface area contributed by atoms with Crippen molar-refractivity contribution in [3.8, 4) is 0 Å². The minimum Gasteiger partial charge on any atom is -0.386 e. The summed E-state index contributed by atoms with van der Waals surface area (Å²) in [7, 11) is 3.94. The van der Waals surface area contributed by atoms with Gasteiger partial charge in [0.05, 0.1) is 53.5 Å². The van der Waals surface area contributed by atoms with E-state index in [1.807, 2.05) is 140 Å². The van der Waals surface area contributed by atoms with E-state index in [-0.39, 0.29) is 35.7 Å². The first kappa shape index (κ1) is 107. The number of aryl methyl sites for hydroxylation is 10. The number of aromatic nitrogens is 6. The lowest BCUT2D eigenvalue weighted by molar-refractivity contribution is -0.911. The number of rotatable bonds is 12. The maximum atomic E-state index is 13.2. The monoisotopic (exact) mass is 2540 g/mol. The fraction of sp³-hybridized carbons (Fsp3) is 0.389. The van der Waals surface area contributed by atoms with Crippen LogP contribution in [0.2, 0.25) is 20.1 Å². The molecule has 0 saturated carbocycles. The highest BCUT2D eigenvalue weighted by Crippen LogP contribution is 2.49. The Morgan fingerprint density at radius 1 is 0.347 bits per heavy atom. The largest absolute Gasteiger partial charge is 0.386 e. The van der Waals surface area contributed by atoms with E-state index in [0.29, 0.717) is 148 Å². The summed E-state index contributed by atoms with van der Waals surface area (Å²) in [5.41, 5.74) is 35.2. The number of fused-ring (bicyclic) bond motifs is 8. The average molecular weight is 2550 g/mol. The second kappa shape index (κ2) is 47.4. The van der Waals surface area contributed by atoms with Gasteiger partial charge < -0.3 is 40.9 Å². The Bertz CT molecular complexity index is 6050. The van der Waals surface area contributed by atoms with Gasteiger partial charge in [-0.1, -0.05) is 134 Å². The summed E-state index contributed by atoms with van der Waals surface area (Å²) in [6.07, 6.45) is 30.2. The molecule has 24 nitrogen and oxygen atoms in total. The number of benzene rings is 4. The third-order valence-electron chi connectivity index (χ3n) is 29.8. The Hall–Kier alpha value is -8.06. The SMILES string of the molecule is C=C(N)N1CCC(CC(=O)N2CCC(=C3c4c(Br)cc(Cl)cc4CCc4cc(Br)c[n+](O)c43)CC2)CC1.C=C(N)N1CCC(CC(=O)N2CCC(=C3c4c(Br)cc(Cl)cc4CCc4cc(Br)c[n+](O)c43)CC2)CC1.C[n+]1ccc(CC(=O)N2CCN(C3c4c(Br)cc(Cl)cc4CCc4cc(Br)c[n+](O)c43)CC2)cc1.C[n+]1ccc(CC(=O)N2CCN(C3c4c(Br)cc(Cl)cc4CCc4cc(Br)c[n+](O)c43)CC2)cc1. The fourth-order valence-electron chi connectivity index (χ4n) is 22.3. The lowest BCUT2D eigenvalue weighted by atomic mass is 9.88. The van der Waals surface area contributed by atoms with E-state index in [4.69, 9.17) is 57.9 Å². The Balaban J connectivity index is 0.000000132. The number of likely N-dealkylation sites (tertiary alicyclic amines) is 4. The summed E-state index contributed by atoms with van der Waals surface area (Å²) >= 11 is 54.9. The Kier molecular flexibility index (Phi) is 35.3. The van der Waals surface area contributed by atoms with Crippen LogP contribution in [-0.2, 0) is 97.5 Å². The quantitative estimate of drug-likeness (QED) is 0.0492. The molecule has 0 radical (unpaired) electrons. The topological polar surface area (TPSA) is 250 Å². The van der Waals surface area contributed by atoms with Crippen LogP contribution in [0.15, 0.2) is 218 Å². The van der Waals surface area contributed by atoms with Crippen molar-refractivity contribution in [1.82, 2.24) is 39.2 Å². The molecule has 36 heteroatoms. The summed E-state index contributed by atoms with van der Waals surface area (Å²) in [5.74, 6) is 2.81. The zero-order valence-corrected chi connectivity index (χ0v) is 96.1. The molecule has 4 aliphatic carbocycles. The van der Waals surface area contributed by atoms with Gasteiger partial charge in [0.15, 0.2) is 24.8 Å². The van der Waals surface area contributed by atoms with E-state index in [0.717, 1.165) is 254 Å². The van der Waals surface area contributed by atoms with Crippen LogP contribution in [0.1, 0.15) is 177 Å². The molecule has 12 heterocycles. The van der Waals surface area contributed by atoms with Crippen molar-refractivity contribution in [3.05, 3.63) is 339 Å². The molecule has 20 rings (SSSR count). The predicted octanol–water partition coefficient (Wildman–Crippen LogP) is 18.5. The normalized spacial score (nSPS) is 18.2. The zero-order chi connectivity index (χ0) is 102. The van der Waals surface area contributed by atoms with E-state index in [1.165, 1.54) is 52.3 Å². The molecule has 4 amide bonds. The molecule has 6 saturated heterocycles. The van der Waals surface area contributed by atoms with Gasteiger partial charge >= 0.3 is 0 Å². The van der Waals surface area contributed by atoms with Crippen molar-refractivity contribution in [1.29, 1.82) is 0 Å². The standard InChI is InChI=1S/2C28H32Br2ClN4O2.2C26H27Br2ClN4O2/c2*1-17(32)33-8-4-18(5-9-33)12-25(36)34-10-6-19(7-11-34)27-26-20(14-23(31)15-24(26)30)2-3-21-13-22(29)16-35(37)28(21)27;2*1-30-6-4-17(5-7-30)12-23(34)31-8-10-32(11-9-31)26-24-18(14-21(29)15-22(24)28)2-3-19-13-20(27)16-33(35)25(19)26/h2*13-16,18,37H,1-12,32H2;2*4-7,13-16,26,35H,2-3,8-12H2,1H3/q2*+1;2*+2. The van der Waals surface area contributed by atoms with Crippen molar-refractivity contribution in [3.63, 3.8) is 0 Å². The van der Waals surface area contributed by atoms with Gasteiger partial charge in [0, 0.05) is 232 Å². The van der Waals surface area contributed by atoms with Gasteiger partial charge in [0.2, 0.25) is 48.4 Å². The van der Waals surface area contributed by atoms with Crippen LogP contribution in [0, 0.1) is 11.8 Å². The zero-order valence-electron chi connectivity index (χ0n) is 80.4. The molecule has 4 aromatic carbocycles. The molecule has 10 aromatic rings. The number of hydrogen-bond acceptors (Lipinski definition) is 14. The Labute approximate surface area is 928 Å². The first-order chi connectivity index (χ1) is 69.0. The number of hydrogen-bond donors (Lipinski definition) is 6. The highest BCUT2D eigenvalue weighted by molar-refractivity contribution is 9.11. The van der Waals surface area contributed by atoms with Crippen LogP contribution < -0.4 is 39.5 Å². The fourth-order valence-corrected chi connectivity index (χ4v) is 28.5. The van der Waals surface area contributed by atoms with Crippen LogP contribution in [0.25, 0.3) is 11.1 Å². The lowest BCUT2D eigenvalue weighted by Crippen LogP contribution is -2.52. The van der Waals surface area contributed by atoms with Gasteiger partial charge in [-0.05, 0) is 296 Å². The van der Waals surface area contributed by atoms with Gasteiger partial charge in [-0.15, -0.1) is 0 Å². The van der Waals surface area contributed by atoms with Crippen molar-refractivity contribution in [2.24, 2.45) is 37.4 Å². The molecule has 2 atom stereocenters. The van der Waals surface area contributed by atoms with Gasteiger partial charge in [-0.2, -0.15) is 0 Å². The minimum absolute atomic E-state index is 0.147. The predicted molar refractivity (Wildman–Crippen MR) is 583 cm³/mol. The first-order valence-corrected chi connectivity index (χ1v) is 56.8. The van der Waals surface area contributed by atoms with Crippen molar-refractivity contribution < 1.29 is 68.1 Å². The lowest BCUT2D eigenvalue weighted by Gasteiger charge is -2.38. The molecule has 144 heavy (non-hydrogen) atoms. The molecule has 10 aliphatic rings. The van der Waals surface area contributed by atoms with E-state index in [9.17, 15) is 40.0 Å². The molecular formula is C108H118Br8Cl4N16O8+6. The third kappa shape index (κ3) is 25.0. The number of amides is 4. The molecule has 6 aliphatic heterocycles. The average Bonchev–Trinajstić information content (AvgIpc) is 1.57. The minimum atomic E-state index is -0.154. The summed E-state index contributed by atoms with van der Waals surface area (Å²) in [6, 6.07) is 31.9. The summed E-state index contributed by atoms with van der Waals surface area (Å²) in [4.78, 5) is 69.2. The maximum Gasteiger partial charge on any atom is 0.268 e. The summed E-state index contributed by atoms with van der Waals surface area (Å²) in [5, 5.41) is 46.9. The van der Waals surface area contributed by atoms with Crippen molar-refractivity contribution in [2.45, 2.75) is 141 Å². The number of nitrogens with zero attached hydrogens (tertiary/aromatic N) is 14. The third-order valence-corrected chi connectivity index (χ3v) is 34.9. The van der Waals surface area contributed by atoms with Crippen LogP contribution >= 0.6 is 174 Å². The van der Waals surface area contributed by atoms with Crippen molar-refractivity contribution >= 4 is 209 Å². The molecule has 6 fully saturated rings. The summed E-state index contributed by atoms with van der Waals surface area (Å²) in [6.45, 7) is 19.3. The van der Waals surface area contributed by atoms with Gasteiger partial charge in [0.25, 0.3) is 22.8 Å². The van der Waals surface area contributed by atoms with E-state index in [2.05, 4.69) is 184 Å². The first-order valence-electron chi connectivity index (χ1n) is 49.0. The van der Waals surface area contributed by atoms with Crippen LogP contribution in [0.4, 0.5) is 0 Å². The number of piperazine rings is 2. The van der Waals surface area contributed by atoms with E-state index >= 15 is 0 Å². The van der Waals surface area contributed by atoms with Crippen LogP contribution in [0.3, 0.4) is 0 Å². The van der Waals surface area contributed by atoms with Crippen molar-refractivity contribution in [2.75, 3.05) is 105 Å². The molecular weight excluding hydrogens is 2430 g/mol. The van der Waals surface area contributed by atoms with Crippen LogP contribution in [0.5, 0.6) is 0 Å². The molecule has 2 unspecified atom stereocenters. The number of carbonyl (C=O) groups excluding carboxylic acids is 4.